The van der Waals surface area contributed by atoms with E-state index in [-0.39, 0.29) is 0 Å². The van der Waals surface area contributed by atoms with Gasteiger partial charge in [-0.25, -0.2) is 4.99 Å². The first kappa shape index (κ1) is 21.6. The topological polar surface area (TPSA) is 72.7 Å². The van der Waals surface area contributed by atoms with Gasteiger partial charge in [0.15, 0.2) is 5.66 Å². The maximum atomic E-state index is 6.76. The number of nitrogens with two attached hydrogens (primary N) is 1. The molecule has 31 heavy (non-hydrogen) atoms. The summed E-state index contributed by atoms with van der Waals surface area (Å²) in [6.07, 6.45) is 4.83. The first-order valence-electron chi connectivity index (χ1n) is 10.0. The lowest BCUT2D eigenvalue weighted by Crippen LogP contribution is -2.50. The fourth-order valence-electron chi connectivity index (χ4n) is 3.64. The van der Waals surface area contributed by atoms with Gasteiger partial charge < -0.3 is 20.1 Å². The summed E-state index contributed by atoms with van der Waals surface area (Å²) < 4.78 is 0. The van der Waals surface area contributed by atoms with Crippen LogP contribution in [0.4, 0.5) is 0 Å². The van der Waals surface area contributed by atoms with E-state index in [0.29, 0.717) is 16.0 Å². The monoisotopic (exact) mass is 456 g/mol. The smallest absolute Gasteiger partial charge is 0.201 e. The Kier molecular flexibility index (Phi) is 5.88. The van der Waals surface area contributed by atoms with Crippen LogP contribution in [0.15, 0.2) is 65.6 Å². The van der Waals surface area contributed by atoms with Crippen molar-refractivity contribution in [1.82, 2.24) is 20.1 Å². The molecular formula is C23H26Cl2N6. The number of benzene rings is 2. The van der Waals surface area contributed by atoms with E-state index in [1.54, 1.807) is 12.1 Å². The van der Waals surface area contributed by atoms with Crippen LogP contribution in [0.3, 0.4) is 0 Å². The van der Waals surface area contributed by atoms with E-state index in [9.17, 15) is 0 Å². The number of guanidine groups is 1. The molecular weight excluding hydrogens is 431 g/mol. The van der Waals surface area contributed by atoms with Crippen molar-refractivity contribution >= 4 is 40.1 Å². The number of aliphatic imine (C=N–C) groups is 1. The predicted molar refractivity (Wildman–Crippen MR) is 129 cm³/mol. The Morgan fingerprint density at radius 2 is 1.84 bits per heavy atom. The lowest BCUT2D eigenvalue weighted by Gasteiger charge is -2.35. The zero-order valence-electron chi connectivity index (χ0n) is 17.8. The summed E-state index contributed by atoms with van der Waals surface area (Å²) in [6, 6.07) is 13.7. The molecule has 2 aromatic carbocycles. The van der Waals surface area contributed by atoms with E-state index in [1.165, 1.54) is 10.9 Å². The number of nitrogens with one attached hydrogen (secondary N) is 2. The Morgan fingerprint density at radius 1 is 1.06 bits per heavy atom. The minimum atomic E-state index is -1.07. The van der Waals surface area contributed by atoms with Crippen molar-refractivity contribution in [2.24, 2.45) is 10.7 Å². The van der Waals surface area contributed by atoms with E-state index >= 15 is 0 Å². The third kappa shape index (κ3) is 4.37. The maximum Gasteiger partial charge on any atom is 0.201 e. The van der Waals surface area contributed by atoms with Crippen LogP contribution in [0.5, 0.6) is 0 Å². The number of nitrogens with zero attached hydrogens (tertiary/aromatic N) is 3. The van der Waals surface area contributed by atoms with Gasteiger partial charge >= 0.3 is 0 Å². The van der Waals surface area contributed by atoms with Crippen molar-refractivity contribution in [2.75, 3.05) is 27.7 Å². The number of hydrogen-bond acceptors (Lipinski definition) is 5. The predicted octanol–water partition coefficient (Wildman–Crippen LogP) is 4.12. The molecule has 0 aliphatic carbocycles. The summed E-state index contributed by atoms with van der Waals surface area (Å²) in [7, 11) is 5.93. The molecule has 0 spiro atoms. The number of fused-ring (bicyclic) bond motifs is 1. The van der Waals surface area contributed by atoms with Crippen LogP contribution in [0, 0.1) is 0 Å². The summed E-state index contributed by atoms with van der Waals surface area (Å²) >= 11 is 12.4. The van der Waals surface area contributed by atoms with Crippen molar-refractivity contribution in [1.29, 1.82) is 0 Å². The van der Waals surface area contributed by atoms with Crippen LogP contribution in [-0.4, -0.2) is 48.4 Å². The van der Waals surface area contributed by atoms with E-state index in [2.05, 4.69) is 39.6 Å². The van der Waals surface area contributed by atoms with Crippen LogP contribution in [-0.2, 0) is 12.1 Å². The minimum Gasteiger partial charge on any atom is -0.364 e. The fraction of sp³-hybridized carbons (Fsp3) is 0.261. The number of likely N-dealkylation sites (N-methyl/N-ethyl adjacent to an activating group) is 1. The number of para-hydroxylation sites is 1. The second kappa shape index (κ2) is 8.46. The highest BCUT2D eigenvalue weighted by molar-refractivity contribution is 6.42. The number of rotatable bonds is 5. The molecule has 0 amide bonds. The highest BCUT2D eigenvalue weighted by Crippen LogP contribution is 2.31. The van der Waals surface area contributed by atoms with E-state index < -0.39 is 5.66 Å². The Bertz CT molecular complexity index is 1170. The molecule has 0 fully saturated rings. The SMILES string of the molecule is CN(C)C1=CC(N)(c2ccc(Cl)c(Cl)c2)N=C(N(C)CCc2c[nH]c3ccccc23)N1. The van der Waals surface area contributed by atoms with E-state index in [0.717, 1.165) is 29.9 Å². The van der Waals surface area contributed by atoms with Gasteiger partial charge in [0.2, 0.25) is 5.96 Å². The molecule has 8 heteroatoms. The number of hydrogen-bond donors (Lipinski definition) is 3. The van der Waals surface area contributed by atoms with Gasteiger partial charge in [-0.2, -0.15) is 0 Å². The molecule has 1 unspecified atom stereocenters. The molecule has 6 nitrogen and oxygen atoms in total. The number of halogens is 2. The first-order valence-corrected chi connectivity index (χ1v) is 10.8. The van der Waals surface area contributed by atoms with E-state index in [4.69, 9.17) is 33.9 Å². The Morgan fingerprint density at radius 3 is 2.58 bits per heavy atom. The molecule has 162 valence electrons. The van der Waals surface area contributed by atoms with Gasteiger partial charge in [-0.1, -0.05) is 47.5 Å². The van der Waals surface area contributed by atoms with Gasteiger partial charge in [0, 0.05) is 50.9 Å². The molecule has 4 N–H and O–H groups in total. The standard InChI is InChI=1S/C23H26Cl2N6/c1-30(2)21-13-23(26,16-8-9-18(24)19(25)12-16)29-22(28-21)31(3)11-10-15-14-27-20-7-5-4-6-17(15)20/h4-9,12-14,27H,10-11,26H2,1-3H3,(H,28,29). The van der Waals surface area contributed by atoms with Crippen molar-refractivity contribution < 1.29 is 0 Å². The highest BCUT2D eigenvalue weighted by atomic mass is 35.5. The van der Waals surface area contributed by atoms with Crippen LogP contribution in [0.25, 0.3) is 10.9 Å². The second-order valence-corrected chi connectivity index (χ2v) is 8.78. The van der Waals surface area contributed by atoms with Crippen LogP contribution in [0.1, 0.15) is 11.1 Å². The quantitative estimate of drug-likeness (QED) is 0.539. The third-order valence-corrected chi connectivity index (χ3v) is 6.24. The largest absolute Gasteiger partial charge is 0.364 e. The summed E-state index contributed by atoms with van der Waals surface area (Å²) in [5, 5.41) is 5.57. The molecule has 3 aromatic rings. The van der Waals surface area contributed by atoms with Gasteiger partial charge in [-0.15, -0.1) is 0 Å². The van der Waals surface area contributed by atoms with Gasteiger partial charge in [0.25, 0.3) is 0 Å². The van der Waals surface area contributed by atoms with Gasteiger partial charge in [0.1, 0.15) is 5.82 Å². The Labute approximate surface area is 192 Å². The summed E-state index contributed by atoms with van der Waals surface area (Å²) in [5.74, 6) is 1.55. The molecule has 0 radical (unpaired) electrons. The first-order chi connectivity index (χ1) is 14.8. The normalized spacial score (nSPS) is 18.4. The van der Waals surface area contributed by atoms with Crippen LogP contribution >= 0.6 is 23.2 Å². The number of aromatic nitrogens is 1. The number of H-pyrrole nitrogens is 1. The molecule has 1 atom stereocenters. The lowest BCUT2D eigenvalue weighted by molar-refractivity contribution is 0.414. The molecule has 1 aliphatic rings. The molecule has 0 saturated heterocycles. The van der Waals surface area contributed by atoms with Gasteiger partial charge in [-0.05, 0) is 35.7 Å². The van der Waals surface area contributed by atoms with E-state index in [1.807, 2.05) is 44.3 Å². The zero-order chi connectivity index (χ0) is 22.2. The zero-order valence-corrected chi connectivity index (χ0v) is 19.3. The molecule has 0 saturated carbocycles. The summed E-state index contributed by atoms with van der Waals surface area (Å²) in [4.78, 5) is 12.2. The highest BCUT2D eigenvalue weighted by Gasteiger charge is 2.32. The fourth-order valence-corrected chi connectivity index (χ4v) is 3.94. The summed E-state index contributed by atoms with van der Waals surface area (Å²) in [5.41, 5.74) is 8.87. The average molecular weight is 457 g/mol. The van der Waals surface area contributed by atoms with Gasteiger partial charge in [0.05, 0.1) is 10.0 Å². The van der Waals surface area contributed by atoms with Crippen molar-refractivity contribution in [3.05, 3.63) is 81.7 Å². The lowest BCUT2D eigenvalue weighted by atomic mass is 9.99. The molecule has 1 aliphatic heterocycles. The van der Waals surface area contributed by atoms with Crippen molar-refractivity contribution in [3.8, 4) is 0 Å². The second-order valence-electron chi connectivity index (χ2n) is 7.97. The van der Waals surface area contributed by atoms with Gasteiger partial charge in [-0.3, -0.25) is 5.73 Å². The Balaban J connectivity index is 1.60. The minimum absolute atomic E-state index is 0.451. The number of aromatic amines is 1. The maximum absolute atomic E-state index is 6.76. The molecule has 1 aromatic heterocycles. The van der Waals surface area contributed by atoms with Crippen LogP contribution < -0.4 is 11.1 Å². The average Bonchev–Trinajstić information content (AvgIpc) is 3.16. The summed E-state index contributed by atoms with van der Waals surface area (Å²) in [6.45, 7) is 0.770. The molecule has 4 rings (SSSR count). The third-order valence-electron chi connectivity index (χ3n) is 5.50. The molecule has 0 bridgehead atoms. The molecule has 2 heterocycles. The van der Waals surface area contributed by atoms with Crippen LogP contribution in [0.2, 0.25) is 10.0 Å². The van der Waals surface area contributed by atoms with Crippen molar-refractivity contribution in [2.45, 2.75) is 12.1 Å². The Hall–Kier alpha value is -2.67. The van der Waals surface area contributed by atoms with Crippen molar-refractivity contribution in [3.63, 3.8) is 0 Å².